The molecular weight excluding hydrogens is 218 g/mol. The molecule has 1 rings (SSSR count). The third-order valence-electron chi connectivity index (χ3n) is 1.74. The summed E-state index contributed by atoms with van der Waals surface area (Å²) in [5.74, 6) is -0.878. The van der Waals surface area contributed by atoms with Gasteiger partial charge in [0.05, 0.1) is 12.5 Å². The third kappa shape index (κ3) is 4.22. The van der Waals surface area contributed by atoms with Crippen LogP contribution in [0.3, 0.4) is 0 Å². The highest BCUT2D eigenvalue weighted by atomic mass is 32.1. The Morgan fingerprint density at radius 1 is 1.67 bits per heavy atom. The van der Waals surface area contributed by atoms with Crippen LogP contribution in [0.5, 0.6) is 0 Å². The first-order valence-electron chi connectivity index (χ1n) is 4.40. The maximum atomic E-state index is 10.5. The van der Waals surface area contributed by atoms with Crippen LogP contribution in [-0.4, -0.2) is 41.0 Å². The first kappa shape index (κ1) is 11.9. The van der Waals surface area contributed by atoms with E-state index in [9.17, 15) is 4.79 Å². The molecule has 1 aromatic rings. The number of anilines is 1. The van der Waals surface area contributed by atoms with E-state index in [1.165, 1.54) is 18.4 Å². The minimum absolute atomic E-state index is 0.0265. The maximum absolute atomic E-state index is 10.5. The van der Waals surface area contributed by atoms with Crippen molar-refractivity contribution >= 4 is 22.4 Å². The van der Waals surface area contributed by atoms with E-state index < -0.39 is 5.97 Å². The molecule has 6 nitrogen and oxygen atoms in total. The molecule has 15 heavy (non-hydrogen) atoms. The molecule has 0 aliphatic carbocycles. The Morgan fingerprint density at radius 2 is 2.40 bits per heavy atom. The number of hydrogen-bond acceptors (Lipinski definition) is 6. The van der Waals surface area contributed by atoms with Crippen molar-refractivity contribution in [2.75, 3.05) is 19.0 Å². The lowest BCUT2D eigenvalue weighted by molar-refractivity contribution is -0.139. The van der Waals surface area contributed by atoms with Crippen LogP contribution < -0.4 is 5.32 Å². The zero-order chi connectivity index (χ0) is 11.3. The van der Waals surface area contributed by atoms with Gasteiger partial charge in [0.15, 0.2) is 0 Å². The van der Waals surface area contributed by atoms with Gasteiger partial charge >= 0.3 is 5.97 Å². The van der Waals surface area contributed by atoms with E-state index in [2.05, 4.69) is 15.5 Å². The summed E-state index contributed by atoms with van der Waals surface area (Å²) in [6.45, 7) is 2.27. The van der Waals surface area contributed by atoms with Gasteiger partial charge in [0.1, 0.15) is 5.01 Å². The number of carbonyl (C=O) groups is 1. The number of aliphatic carboxylic acids is 1. The van der Waals surface area contributed by atoms with Crippen molar-refractivity contribution in [1.82, 2.24) is 10.2 Å². The Hall–Kier alpha value is -1.21. The lowest BCUT2D eigenvalue weighted by atomic mass is 10.2. The van der Waals surface area contributed by atoms with Gasteiger partial charge in [-0.15, -0.1) is 10.2 Å². The van der Waals surface area contributed by atoms with Gasteiger partial charge in [-0.05, 0) is 6.92 Å². The molecule has 1 atom stereocenters. The molecule has 2 N–H and O–H groups in total. The van der Waals surface area contributed by atoms with Crippen molar-refractivity contribution in [3.8, 4) is 0 Å². The first-order valence-corrected chi connectivity index (χ1v) is 5.22. The summed E-state index contributed by atoms with van der Waals surface area (Å²) in [4.78, 5) is 10.5. The molecule has 0 bridgehead atoms. The van der Waals surface area contributed by atoms with E-state index >= 15 is 0 Å². The Balaban J connectivity index is 2.37. The summed E-state index contributed by atoms with van der Waals surface area (Å²) < 4.78 is 5.00. The van der Waals surface area contributed by atoms with Crippen LogP contribution in [0.2, 0.25) is 0 Å². The zero-order valence-corrected chi connectivity index (χ0v) is 9.37. The Morgan fingerprint density at radius 3 is 2.87 bits per heavy atom. The molecule has 0 aliphatic rings. The summed E-state index contributed by atoms with van der Waals surface area (Å²) in [5, 5.41) is 20.8. The van der Waals surface area contributed by atoms with Crippen molar-refractivity contribution in [3.63, 3.8) is 0 Å². The molecule has 0 aliphatic heterocycles. The Kier molecular flexibility index (Phi) is 4.44. The second kappa shape index (κ2) is 5.62. The molecule has 0 radical (unpaired) electrons. The highest BCUT2D eigenvalue weighted by Gasteiger charge is 2.12. The van der Waals surface area contributed by atoms with Gasteiger partial charge < -0.3 is 15.2 Å². The number of rotatable bonds is 6. The molecule has 84 valence electrons. The quantitative estimate of drug-likeness (QED) is 0.751. The molecule has 7 heteroatoms. The van der Waals surface area contributed by atoms with Crippen molar-refractivity contribution in [2.45, 2.75) is 19.4 Å². The molecule has 0 aromatic carbocycles. The number of aryl methyl sites for hydroxylation is 1. The number of aromatic nitrogens is 2. The number of carboxylic acid groups (broad SMARTS) is 1. The van der Waals surface area contributed by atoms with Crippen molar-refractivity contribution in [2.24, 2.45) is 0 Å². The smallest absolute Gasteiger partial charge is 0.306 e. The monoisotopic (exact) mass is 231 g/mol. The average molecular weight is 231 g/mol. The second-order valence-electron chi connectivity index (χ2n) is 2.96. The van der Waals surface area contributed by atoms with Crippen LogP contribution >= 0.6 is 11.3 Å². The molecule has 1 unspecified atom stereocenters. The summed E-state index contributed by atoms with van der Waals surface area (Å²) >= 11 is 1.42. The number of ether oxygens (including phenoxy) is 1. The maximum Gasteiger partial charge on any atom is 0.306 e. The molecule has 0 saturated carbocycles. The Bertz CT molecular complexity index is 329. The number of nitrogens with one attached hydrogen (secondary N) is 1. The van der Waals surface area contributed by atoms with Crippen molar-refractivity contribution < 1.29 is 14.6 Å². The normalized spacial score (nSPS) is 12.4. The highest BCUT2D eigenvalue weighted by Crippen LogP contribution is 2.13. The fourth-order valence-electron chi connectivity index (χ4n) is 1.00. The van der Waals surface area contributed by atoms with E-state index in [0.29, 0.717) is 11.7 Å². The zero-order valence-electron chi connectivity index (χ0n) is 8.56. The first-order chi connectivity index (χ1) is 7.11. The van der Waals surface area contributed by atoms with E-state index in [1.807, 2.05) is 6.92 Å². The van der Waals surface area contributed by atoms with Gasteiger partial charge in [-0.2, -0.15) is 0 Å². The molecule has 0 saturated heterocycles. The largest absolute Gasteiger partial charge is 0.481 e. The lowest BCUT2D eigenvalue weighted by Crippen LogP contribution is -2.24. The van der Waals surface area contributed by atoms with Crippen LogP contribution in [0.1, 0.15) is 11.4 Å². The molecular formula is C8H13N3O3S. The summed E-state index contributed by atoms with van der Waals surface area (Å²) in [7, 11) is 1.49. The van der Waals surface area contributed by atoms with E-state index in [-0.39, 0.29) is 12.5 Å². The van der Waals surface area contributed by atoms with Gasteiger partial charge in [-0.1, -0.05) is 11.3 Å². The number of hydrogen-bond donors (Lipinski definition) is 2. The predicted octanol–water partition coefficient (Wildman–Crippen LogP) is 0.748. The van der Waals surface area contributed by atoms with Gasteiger partial charge in [0, 0.05) is 13.7 Å². The van der Waals surface area contributed by atoms with Crippen LogP contribution in [0.4, 0.5) is 5.13 Å². The van der Waals surface area contributed by atoms with Crippen LogP contribution in [0, 0.1) is 6.92 Å². The van der Waals surface area contributed by atoms with Crippen molar-refractivity contribution in [1.29, 1.82) is 0 Å². The summed E-state index contributed by atoms with van der Waals surface area (Å²) in [6, 6.07) is 0. The highest BCUT2D eigenvalue weighted by molar-refractivity contribution is 7.15. The molecule has 1 heterocycles. The fraction of sp³-hybridized carbons (Fsp3) is 0.625. The minimum Gasteiger partial charge on any atom is -0.481 e. The van der Waals surface area contributed by atoms with Gasteiger partial charge in [-0.25, -0.2) is 0 Å². The predicted molar refractivity (Wildman–Crippen MR) is 56.2 cm³/mol. The average Bonchev–Trinajstić information content (AvgIpc) is 2.58. The fourth-order valence-corrected chi connectivity index (χ4v) is 1.60. The molecule has 1 aromatic heterocycles. The number of nitrogens with zero attached hydrogens (tertiary/aromatic N) is 2. The summed E-state index contributed by atoms with van der Waals surface area (Å²) in [5.41, 5.74) is 0. The standard InChI is InChI=1S/C8H13N3O3S/c1-5-10-11-8(15-5)9-4-6(14-2)3-7(12)13/h6H,3-4H2,1-2H3,(H,9,11)(H,12,13). The summed E-state index contributed by atoms with van der Waals surface area (Å²) in [6.07, 6.45) is -0.381. The Labute approximate surface area is 91.3 Å². The lowest BCUT2D eigenvalue weighted by Gasteiger charge is -2.12. The number of carboxylic acids is 1. The van der Waals surface area contributed by atoms with Gasteiger partial charge in [0.25, 0.3) is 0 Å². The van der Waals surface area contributed by atoms with Gasteiger partial charge in [0.2, 0.25) is 5.13 Å². The molecule has 0 spiro atoms. The number of methoxy groups -OCH3 is 1. The van der Waals surface area contributed by atoms with Crippen LogP contribution in [0.25, 0.3) is 0 Å². The second-order valence-corrected chi connectivity index (χ2v) is 4.14. The van der Waals surface area contributed by atoms with Crippen LogP contribution in [-0.2, 0) is 9.53 Å². The molecule has 0 amide bonds. The van der Waals surface area contributed by atoms with Gasteiger partial charge in [-0.3, -0.25) is 4.79 Å². The molecule has 0 fully saturated rings. The van der Waals surface area contributed by atoms with Crippen molar-refractivity contribution in [3.05, 3.63) is 5.01 Å². The topological polar surface area (TPSA) is 84.3 Å². The van der Waals surface area contributed by atoms with E-state index in [1.54, 1.807) is 0 Å². The minimum atomic E-state index is -0.878. The van der Waals surface area contributed by atoms with E-state index in [0.717, 1.165) is 5.01 Å². The van der Waals surface area contributed by atoms with Crippen LogP contribution in [0.15, 0.2) is 0 Å². The third-order valence-corrected chi connectivity index (χ3v) is 2.54. The van der Waals surface area contributed by atoms with E-state index in [4.69, 9.17) is 9.84 Å². The SMILES string of the molecule is COC(CNc1nnc(C)s1)CC(=O)O.